The lowest BCUT2D eigenvalue weighted by molar-refractivity contribution is -0.147. The van der Waals surface area contributed by atoms with E-state index in [1.54, 1.807) is 27.7 Å². The minimum absolute atomic E-state index is 0.0155. The third-order valence-corrected chi connectivity index (χ3v) is 2.72. The molecule has 102 valence electrons. The van der Waals surface area contributed by atoms with Crippen molar-refractivity contribution >= 4 is 17.8 Å². The van der Waals surface area contributed by atoms with E-state index in [-0.39, 0.29) is 12.3 Å². The van der Waals surface area contributed by atoms with Crippen LogP contribution < -0.4 is 0 Å². The van der Waals surface area contributed by atoms with Gasteiger partial charge in [0.25, 0.3) is 0 Å². The number of ketones is 1. The number of rotatable bonds is 1. The first-order chi connectivity index (χ1) is 8.17. The Bertz CT molecular complexity index is 371. The molecule has 0 saturated carbocycles. The Kier molecular flexibility index (Phi) is 3.98. The van der Waals surface area contributed by atoms with Crippen molar-refractivity contribution in [1.29, 1.82) is 0 Å². The Balaban J connectivity index is 2.78. The molecule has 0 aromatic heterocycles. The Labute approximate surface area is 106 Å². The van der Waals surface area contributed by atoms with Gasteiger partial charge in [-0.3, -0.25) is 14.5 Å². The van der Waals surface area contributed by atoms with E-state index >= 15 is 0 Å². The molecule has 6 heteroatoms. The number of amides is 1. The molecule has 0 bridgehead atoms. The third-order valence-electron chi connectivity index (χ3n) is 2.72. The van der Waals surface area contributed by atoms with Crippen LogP contribution in [0.3, 0.4) is 0 Å². The van der Waals surface area contributed by atoms with Gasteiger partial charge in [-0.25, -0.2) is 4.79 Å². The molecular formula is C12H19NO5. The number of carbonyl (C=O) groups excluding carboxylic acids is 3. The number of hydrogen-bond donors (Lipinski definition) is 0. The van der Waals surface area contributed by atoms with Gasteiger partial charge in [-0.05, 0) is 27.7 Å². The third kappa shape index (κ3) is 3.00. The molecule has 1 fully saturated rings. The molecule has 1 heterocycles. The van der Waals surface area contributed by atoms with Crippen LogP contribution in [0.4, 0.5) is 4.79 Å². The summed E-state index contributed by atoms with van der Waals surface area (Å²) in [6.07, 6.45) is -0.588. The Morgan fingerprint density at radius 2 is 1.89 bits per heavy atom. The van der Waals surface area contributed by atoms with Crippen LogP contribution in [0.25, 0.3) is 0 Å². The summed E-state index contributed by atoms with van der Waals surface area (Å²) >= 11 is 0. The lowest BCUT2D eigenvalue weighted by atomic mass is 10.1. The second kappa shape index (κ2) is 4.96. The lowest BCUT2D eigenvalue weighted by Crippen LogP contribution is -2.40. The largest absolute Gasteiger partial charge is 0.468 e. The molecule has 1 aliphatic rings. The molecule has 1 saturated heterocycles. The fourth-order valence-electron chi connectivity index (χ4n) is 1.78. The van der Waals surface area contributed by atoms with Gasteiger partial charge in [0, 0.05) is 6.54 Å². The Morgan fingerprint density at radius 3 is 2.33 bits per heavy atom. The van der Waals surface area contributed by atoms with Crippen LogP contribution in [0.1, 0.15) is 27.7 Å². The number of nitrogens with zero attached hydrogens (tertiary/aromatic N) is 1. The average Bonchev–Trinajstić information content (AvgIpc) is 2.53. The zero-order chi connectivity index (χ0) is 14.1. The predicted molar refractivity (Wildman–Crippen MR) is 62.9 cm³/mol. The maximum absolute atomic E-state index is 11.9. The Hall–Kier alpha value is -1.59. The maximum Gasteiger partial charge on any atom is 0.410 e. The van der Waals surface area contributed by atoms with Crippen LogP contribution >= 0.6 is 0 Å². The highest BCUT2D eigenvalue weighted by molar-refractivity contribution is 6.05. The molecule has 0 aromatic rings. The van der Waals surface area contributed by atoms with Crippen LogP contribution in [-0.2, 0) is 19.1 Å². The van der Waals surface area contributed by atoms with Crippen molar-refractivity contribution in [2.24, 2.45) is 5.92 Å². The number of hydrogen-bond acceptors (Lipinski definition) is 5. The van der Waals surface area contributed by atoms with Gasteiger partial charge >= 0.3 is 12.1 Å². The topological polar surface area (TPSA) is 72.9 Å². The molecule has 0 N–H and O–H groups in total. The summed E-state index contributed by atoms with van der Waals surface area (Å²) < 4.78 is 9.73. The molecule has 1 amide bonds. The zero-order valence-electron chi connectivity index (χ0n) is 11.4. The first-order valence-electron chi connectivity index (χ1n) is 5.78. The smallest absolute Gasteiger partial charge is 0.410 e. The van der Waals surface area contributed by atoms with Crippen molar-refractivity contribution in [1.82, 2.24) is 4.90 Å². The second-order valence-corrected chi connectivity index (χ2v) is 5.29. The summed E-state index contributed by atoms with van der Waals surface area (Å²) in [5.41, 5.74) is -0.636. The van der Waals surface area contributed by atoms with Crippen molar-refractivity contribution in [3.05, 3.63) is 0 Å². The van der Waals surface area contributed by atoms with E-state index in [0.29, 0.717) is 0 Å². The van der Waals surface area contributed by atoms with Crippen molar-refractivity contribution in [3.63, 3.8) is 0 Å². The van der Waals surface area contributed by atoms with E-state index in [2.05, 4.69) is 4.74 Å². The van der Waals surface area contributed by atoms with Gasteiger partial charge in [0.05, 0.1) is 13.2 Å². The molecule has 1 rings (SSSR count). The SMILES string of the molecule is COC(=O)C1CN(C(=O)OC(C)(C)C)[C@@H](C)C1=O. The molecule has 0 radical (unpaired) electrons. The predicted octanol–water partition coefficient (Wildman–Crippen LogP) is 0.984. The summed E-state index contributed by atoms with van der Waals surface area (Å²) in [4.78, 5) is 36.4. The second-order valence-electron chi connectivity index (χ2n) is 5.29. The molecular weight excluding hydrogens is 238 g/mol. The van der Waals surface area contributed by atoms with E-state index in [1.807, 2.05) is 0 Å². The average molecular weight is 257 g/mol. The maximum atomic E-state index is 11.9. The molecule has 0 aliphatic carbocycles. The molecule has 1 aliphatic heterocycles. The quantitative estimate of drug-likeness (QED) is 0.517. The molecule has 0 aromatic carbocycles. The van der Waals surface area contributed by atoms with Crippen molar-refractivity contribution in [2.75, 3.05) is 13.7 Å². The van der Waals surface area contributed by atoms with Gasteiger partial charge in [0.1, 0.15) is 11.5 Å². The van der Waals surface area contributed by atoms with E-state index < -0.39 is 29.6 Å². The molecule has 18 heavy (non-hydrogen) atoms. The summed E-state index contributed by atoms with van der Waals surface area (Å²) in [7, 11) is 1.22. The van der Waals surface area contributed by atoms with E-state index in [0.717, 1.165) is 0 Å². The van der Waals surface area contributed by atoms with Gasteiger partial charge in [-0.1, -0.05) is 0 Å². The van der Waals surface area contributed by atoms with Crippen LogP contribution in [-0.4, -0.2) is 48.0 Å². The van der Waals surface area contributed by atoms with Gasteiger partial charge in [-0.15, -0.1) is 0 Å². The number of ether oxygens (including phenoxy) is 2. The monoisotopic (exact) mass is 257 g/mol. The van der Waals surface area contributed by atoms with Crippen molar-refractivity contribution in [2.45, 2.75) is 39.3 Å². The zero-order valence-corrected chi connectivity index (χ0v) is 11.4. The normalized spacial score (nSPS) is 24.1. The molecule has 0 spiro atoms. The van der Waals surface area contributed by atoms with Gasteiger partial charge < -0.3 is 9.47 Å². The highest BCUT2D eigenvalue weighted by Crippen LogP contribution is 2.23. The first-order valence-corrected chi connectivity index (χ1v) is 5.78. The highest BCUT2D eigenvalue weighted by Gasteiger charge is 2.45. The van der Waals surface area contributed by atoms with Crippen LogP contribution in [0.15, 0.2) is 0 Å². The van der Waals surface area contributed by atoms with Crippen LogP contribution in [0, 0.1) is 5.92 Å². The minimum Gasteiger partial charge on any atom is -0.468 e. The fourth-order valence-corrected chi connectivity index (χ4v) is 1.78. The fraction of sp³-hybridized carbons (Fsp3) is 0.750. The van der Waals surface area contributed by atoms with Gasteiger partial charge in [0.2, 0.25) is 0 Å². The summed E-state index contributed by atoms with van der Waals surface area (Å²) in [5.74, 6) is -1.83. The van der Waals surface area contributed by atoms with Crippen LogP contribution in [0.2, 0.25) is 0 Å². The number of Topliss-reactive ketones (excluding diaryl/α,β-unsaturated/α-hetero) is 1. The summed E-state index contributed by atoms with van der Waals surface area (Å²) in [5, 5.41) is 0. The number of esters is 1. The number of methoxy groups -OCH3 is 1. The molecule has 1 unspecified atom stereocenters. The Morgan fingerprint density at radius 1 is 1.33 bits per heavy atom. The summed E-state index contributed by atoms with van der Waals surface area (Å²) in [6.45, 7) is 6.82. The van der Waals surface area contributed by atoms with Crippen molar-refractivity contribution < 1.29 is 23.9 Å². The van der Waals surface area contributed by atoms with Gasteiger partial charge in [0.15, 0.2) is 5.78 Å². The van der Waals surface area contributed by atoms with Crippen molar-refractivity contribution in [3.8, 4) is 0 Å². The molecule has 6 nitrogen and oxygen atoms in total. The lowest BCUT2D eigenvalue weighted by Gasteiger charge is -2.26. The minimum atomic E-state index is -0.905. The van der Waals surface area contributed by atoms with Crippen LogP contribution in [0.5, 0.6) is 0 Å². The standard InChI is InChI=1S/C12H19NO5/c1-7-9(14)8(10(15)17-5)6-13(7)11(16)18-12(2,3)4/h7-8H,6H2,1-5H3/t7-,8?/m0/s1. The summed E-state index contributed by atoms with van der Waals surface area (Å²) in [6, 6.07) is -0.663. The van der Waals surface area contributed by atoms with E-state index in [1.165, 1.54) is 12.0 Å². The van der Waals surface area contributed by atoms with E-state index in [4.69, 9.17) is 4.74 Å². The number of likely N-dealkylation sites (tertiary alicyclic amines) is 1. The number of carbonyl (C=O) groups is 3. The highest BCUT2D eigenvalue weighted by atomic mass is 16.6. The van der Waals surface area contributed by atoms with E-state index in [9.17, 15) is 14.4 Å². The first kappa shape index (κ1) is 14.5. The molecule has 2 atom stereocenters. The van der Waals surface area contributed by atoms with Gasteiger partial charge in [-0.2, -0.15) is 0 Å².